The van der Waals surface area contributed by atoms with Gasteiger partial charge in [-0.15, -0.1) is 11.6 Å². The Bertz CT molecular complexity index is 418. The number of oxime groups is 1. The van der Waals surface area contributed by atoms with Crippen molar-refractivity contribution in [2.75, 3.05) is 13.7 Å². The minimum Gasteiger partial charge on any atom is -0.461 e. The fraction of sp³-hybridized carbons (Fsp3) is 0.333. The van der Waals surface area contributed by atoms with Gasteiger partial charge in [-0.2, -0.15) is 0 Å². The minimum atomic E-state index is -0.521. The summed E-state index contributed by atoms with van der Waals surface area (Å²) in [6.45, 7) is 2.01. The number of carbonyl (C=O) groups is 1. The molecular formula is C12H14ClNO3. The average Bonchev–Trinajstić information content (AvgIpc) is 2.36. The number of ether oxygens (including phenoxy) is 1. The van der Waals surface area contributed by atoms with Crippen LogP contribution in [0, 0.1) is 0 Å². The molecule has 17 heavy (non-hydrogen) atoms. The lowest BCUT2D eigenvalue weighted by molar-refractivity contribution is -0.135. The summed E-state index contributed by atoms with van der Waals surface area (Å²) in [5.41, 5.74) is 1.56. The highest BCUT2D eigenvalue weighted by atomic mass is 35.5. The first-order chi connectivity index (χ1) is 8.24. The molecule has 0 atom stereocenters. The van der Waals surface area contributed by atoms with Gasteiger partial charge >= 0.3 is 5.97 Å². The van der Waals surface area contributed by atoms with Crippen molar-refractivity contribution in [2.45, 2.75) is 12.8 Å². The standard InChI is InChI=1S/C12H14ClNO3/c1-3-17-12(15)11(14-16-2)10-7-5-4-6-9(10)8-13/h4-7H,3,8H2,1-2H3/b14-11+. The molecule has 4 nitrogen and oxygen atoms in total. The molecule has 0 aliphatic carbocycles. The van der Waals surface area contributed by atoms with E-state index in [0.717, 1.165) is 5.56 Å². The maximum Gasteiger partial charge on any atom is 0.361 e. The Labute approximate surface area is 105 Å². The summed E-state index contributed by atoms with van der Waals surface area (Å²) in [6.07, 6.45) is 0. The third-order valence-corrected chi connectivity index (χ3v) is 2.36. The molecule has 0 bridgehead atoms. The van der Waals surface area contributed by atoms with Crippen LogP contribution < -0.4 is 0 Å². The van der Waals surface area contributed by atoms with Crippen LogP contribution in [0.1, 0.15) is 18.1 Å². The predicted octanol–water partition coefficient (Wildman–Crippen LogP) is 2.34. The molecule has 0 aromatic heterocycles. The van der Waals surface area contributed by atoms with E-state index in [1.54, 1.807) is 19.1 Å². The van der Waals surface area contributed by atoms with Crippen molar-refractivity contribution in [1.82, 2.24) is 0 Å². The van der Waals surface area contributed by atoms with Crippen molar-refractivity contribution >= 4 is 23.3 Å². The van der Waals surface area contributed by atoms with Crippen molar-refractivity contribution in [3.8, 4) is 0 Å². The Kier molecular flexibility index (Phi) is 5.49. The van der Waals surface area contributed by atoms with E-state index in [1.165, 1.54) is 7.11 Å². The maximum atomic E-state index is 11.7. The van der Waals surface area contributed by atoms with E-state index in [2.05, 4.69) is 9.99 Å². The van der Waals surface area contributed by atoms with Crippen LogP contribution in [-0.2, 0) is 20.2 Å². The summed E-state index contributed by atoms with van der Waals surface area (Å²) in [5.74, 6) is -0.231. The van der Waals surface area contributed by atoms with Crippen LogP contribution >= 0.6 is 11.6 Å². The first-order valence-electron chi connectivity index (χ1n) is 5.17. The molecule has 0 heterocycles. The molecule has 0 N–H and O–H groups in total. The van der Waals surface area contributed by atoms with E-state index < -0.39 is 5.97 Å². The van der Waals surface area contributed by atoms with Crippen LogP contribution in [0.25, 0.3) is 0 Å². The first kappa shape index (κ1) is 13.5. The molecule has 0 amide bonds. The zero-order valence-corrected chi connectivity index (χ0v) is 10.5. The minimum absolute atomic E-state index is 0.130. The predicted molar refractivity (Wildman–Crippen MR) is 66.2 cm³/mol. The number of esters is 1. The molecular weight excluding hydrogens is 242 g/mol. The highest BCUT2D eigenvalue weighted by molar-refractivity contribution is 6.43. The highest BCUT2D eigenvalue weighted by Crippen LogP contribution is 2.13. The van der Waals surface area contributed by atoms with Gasteiger partial charge in [0.2, 0.25) is 0 Å². The third-order valence-electron chi connectivity index (χ3n) is 2.07. The van der Waals surface area contributed by atoms with Gasteiger partial charge in [-0.3, -0.25) is 0 Å². The van der Waals surface area contributed by atoms with Crippen LogP contribution in [0.15, 0.2) is 29.4 Å². The molecule has 1 aromatic carbocycles. The van der Waals surface area contributed by atoms with E-state index in [1.807, 2.05) is 12.1 Å². The highest BCUT2D eigenvalue weighted by Gasteiger charge is 2.18. The number of benzene rings is 1. The molecule has 0 saturated carbocycles. The summed E-state index contributed by atoms with van der Waals surface area (Å²) >= 11 is 5.81. The van der Waals surface area contributed by atoms with E-state index in [-0.39, 0.29) is 18.2 Å². The first-order valence-corrected chi connectivity index (χ1v) is 5.70. The van der Waals surface area contributed by atoms with Crippen LogP contribution in [0.4, 0.5) is 0 Å². The molecule has 5 heteroatoms. The normalized spacial score (nSPS) is 11.1. The number of alkyl halides is 1. The van der Waals surface area contributed by atoms with Gasteiger partial charge in [0.1, 0.15) is 7.11 Å². The lowest BCUT2D eigenvalue weighted by atomic mass is 10.0. The van der Waals surface area contributed by atoms with Crippen LogP contribution in [-0.4, -0.2) is 25.4 Å². The van der Waals surface area contributed by atoms with Crippen LogP contribution in [0.3, 0.4) is 0 Å². The lowest BCUT2D eigenvalue weighted by Crippen LogP contribution is -2.20. The molecule has 0 aliphatic heterocycles. The van der Waals surface area contributed by atoms with E-state index in [9.17, 15) is 4.79 Å². The largest absolute Gasteiger partial charge is 0.461 e. The quantitative estimate of drug-likeness (QED) is 0.351. The van der Waals surface area contributed by atoms with Crippen molar-refractivity contribution in [3.63, 3.8) is 0 Å². The summed E-state index contributed by atoms with van der Waals surface area (Å²) in [6, 6.07) is 7.23. The van der Waals surface area contributed by atoms with Gasteiger partial charge in [-0.25, -0.2) is 4.79 Å². The number of rotatable bonds is 5. The second-order valence-corrected chi connectivity index (χ2v) is 3.40. The SMILES string of the molecule is CCOC(=O)/C(=N/OC)c1ccccc1CCl. The lowest BCUT2D eigenvalue weighted by Gasteiger charge is -2.08. The Hall–Kier alpha value is -1.55. The molecule has 0 radical (unpaired) electrons. The number of hydrogen-bond acceptors (Lipinski definition) is 4. The molecule has 0 spiro atoms. The number of nitrogens with zero attached hydrogens (tertiary/aromatic N) is 1. The Morgan fingerprint density at radius 2 is 2.12 bits per heavy atom. The molecule has 0 fully saturated rings. The van der Waals surface area contributed by atoms with Gasteiger partial charge in [0.25, 0.3) is 0 Å². The second kappa shape index (κ2) is 6.91. The van der Waals surface area contributed by atoms with Gasteiger partial charge < -0.3 is 9.57 Å². The summed E-state index contributed by atoms with van der Waals surface area (Å²) in [7, 11) is 1.38. The smallest absolute Gasteiger partial charge is 0.361 e. The van der Waals surface area contributed by atoms with E-state index in [0.29, 0.717) is 5.56 Å². The van der Waals surface area contributed by atoms with Gasteiger partial charge in [-0.05, 0) is 12.5 Å². The van der Waals surface area contributed by atoms with Gasteiger partial charge in [0.15, 0.2) is 5.71 Å². The van der Waals surface area contributed by atoms with Crippen molar-refractivity contribution in [1.29, 1.82) is 0 Å². The molecule has 1 rings (SSSR count). The topological polar surface area (TPSA) is 47.9 Å². The Morgan fingerprint density at radius 3 is 2.71 bits per heavy atom. The molecule has 92 valence electrons. The number of carbonyl (C=O) groups excluding carboxylic acids is 1. The van der Waals surface area contributed by atoms with Crippen LogP contribution in [0.5, 0.6) is 0 Å². The second-order valence-electron chi connectivity index (χ2n) is 3.13. The maximum absolute atomic E-state index is 11.7. The third kappa shape index (κ3) is 3.46. The Morgan fingerprint density at radius 1 is 1.41 bits per heavy atom. The van der Waals surface area contributed by atoms with E-state index in [4.69, 9.17) is 16.3 Å². The van der Waals surface area contributed by atoms with Crippen molar-refractivity contribution in [2.24, 2.45) is 5.16 Å². The summed E-state index contributed by atoms with van der Waals surface area (Å²) in [5, 5.41) is 3.71. The van der Waals surface area contributed by atoms with Gasteiger partial charge in [0, 0.05) is 11.4 Å². The zero-order valence-electron chi connectivity index (χ0n) is 9.77. The van der Waals surface area contributed by atoms with E-state index >= 15 is 0 Å². The number of halogens is 1. The molecule has 1 aromatic rings. The molecule has 0 unspecified atom stereocenters. The van der Waals surface area contributed by atoms with Gasteiger partial charge in [-0.1, -0.05) is 29.4 Å². The molecule has 0 saturated heterocycles. The average molecular weight is 256 g/mol. The van der Waals surface area contributed by atoms with Crippen LogP contribution in [0.2, 0.25) is 0 Å². The number of hydrogen-bond donors (Lipinski definition) is 0. The van der Waals surface area contributed by atoms with Crippen molar-refractivity contribution in [3.05, 3.63) is 35.4 Å². The summed E-state index contributed by atoms with van der Waals surface area (Å²) in [4.78, 5) is 16.4. The fourth-order valence-electron chi connectivity index (χ4n) is 1.35. The zero-order chi connectivity index (χ0) is 12.7. The summed E-state index contributed by atoms with van der Waals surface area (Å²) < 4.78 is 4.92. The Balaban J connectivity index is 3.14. The molecule has 0 aliphatic rings. The monoisotopic (exact) mass is 255 g/mol. The van der Waals surface area contributed by atoms with Crippen molar-refractivity contribution < 1.29 is 14.4 Å². The van der Waals surface area contributed by atoms with Gasteiger partial charge in [0.05, 0.1) is 6.61 Å². The fourth-order valence-corrected chi connectivity index (χ4v) is 1.59.